The maximum atomic E-state index is 11.8. The van der Waals surface area contributed by atoms with E-state index in [-0.39, 0.29) is 11.9 Å². The topological polar surface area (TPSA) is 65.5 Å². The molecule has 0 saturated heterocycles. The number of hydrogen-bond acceptors (Lipinski definition) is 4. The minimum Gasteiger partial charge on any atom is -0.457 e. The second-order valence-electron chi connectivity index (χ2n) is 4.41. The van der Waals surface area contributed by atoms with Crippen LogP contribution in [0.5, 0.6) is 0 Å². The van der Waals surface area contributed by atoms with Gasteiger partial charge in [0.1, 0.15) is 5.58 Å². The highest BCUT2D eigenvalue weighted by Crippen LogP contribution is 2.22. The molecule has 4 nitrogen and oxygen atoms in total. The van der Waals surface area contributed by atoms with E-state index in [2.05, 4.69) is 0 Å². The summed E-state index contributed by atoms with van der Waals surface area (Å²) in [5, 5.41) is 0.810. The lowest BCUT2D eigenvalue weighted by Crippen LogP contribution is -2.14. The third-order valence-electron chi connectivity index (χ3n) is 2.74. The lowest BCUT2D eigenvalue weighted by atomic mass is 10.2. The Morgan fingerprint density at radius 1 is 1.44 bits per heavy atom. The van der Waals surface area contributed by atoms with Crippen LogP contribution in [0.15, 0.2) is 28.7 Å². The van der Waals surface area contributed by atoms with E-state index in [1.165, 1.54) is 0 Å². The van der Waals surface area contributed by atoms with Crippen molar-refractivity contribution >= 4 is 22.6 Å². The molecule has 0 aliphatic carbocycles. The number of carbonyl (C=O) groups is 1. The Balaban J connectivity index is 2.18. The Bertz CT molecular complexity index is 559. The van der Waals surface area contributed by atoms with Gasteiger partial charge in [-0.1, -0.05) is 13.3 Å². The average Bonchev–Trinajstić information content (AvgIpc) is 2.72. The first-order valence-electron chi connectivity index (χ1n) is 6.10. The van der Waals surface area contributed by atoms with Crippen LogP contribution in [0, 0.1) is 0 Å². The van der Waals surface area contributed by atoms with Crippen molar-refractivity contribution in [2.45, 2.75) is 32.8 Å². The normalized spacial score (nSPS) is 12.6. The number of ether oxygens (including phenoxy) is 1. The van der Waals surface area contributed by atoms with Gasteiger partial charge in [-0.05, 0) is 37.6 Å². The molecule has 18 heavy (non-hydrogen) atoms. The van der Waals surface area contributed by atoms with Crippen molar-refractivity contribution in [2.24, 2.45) is 0 Å². The maximum absolute atomic E-state index is 11.8. The molecule has 0 saturated carbocycles. The van der Waals surface area contributed by atoms with Crippen molar-refractivity contribution in [1.82, 2.24) is 0 Å². The van der Waals surface area contributed by atoms with Gasteiger partial charge in [0.05, 0.1) is 6.10 Å². The van der Waals surface area contributed by atoms with Gasteiger partial charge in [0, 0.05) is 11.1 Å². The van der Waals surface area contributed by atoms with Crippen molar-refractivity contribution in [2.75, 3.05) is 5.73 Å². The molecular weight excluding hydrogens is 230 g/mol. The molecule has 1 heterocycles. The van der Waals surface area contributed by atoms with Gasteiger partial charge in [-0.3, -0.25) is 0 Å². The number of esters is 1. The number of furan rings is 1. The van der Waals surface area contributed by atoms with E-state index >= 15 is 0 Å². The van der Waals surface area contributed by atoms with Crippen LogP contribution in [-0.2, 0) is 4.74 Å². The molecule has 0 aliphatic heterocycles. The molecule has 0 bridgehead atoms. The van der Waals surface area contributed by atoms with Crippen molar-refractivity contribution in [3.8, 4) is 0 Å². The Hall–Kier alpha value is -1.97. The SMILES string of the molecule is CCCC(C)OC(=O)c1cc2cc(N)ccc2o1. The molecule has 0 aliphatic rings. The van der Waals surface area contributed by atoms with Gasteiger partial charge >= 0.3 is 5.97 Å². The minimum atomic E-state index is -0.425. The summed E-state index contributed by atoms with van der Waals surface area (Å²) < 4.78 is 10.7. The highest BCUT2D eigenvalue weighted by atomic mass is 16.6. The fourth-order valence-corrected chi connectivity index (χ4v) is 1.87. The predicted molar refractivity (Wildman–Crippen MR) is 70.4 cm³/mol. The van der Waals surface area contributed by atoms with Crippen molar-refractivity contribution in [1.29, 1.82) is 0 Å². The molecule has 1 aromatic heterocycles. The molecular formula is C14H17NO3. The van der Waals surface area contributed by atoms with Crippen LogP contribution in [0.25, 0.3) is 11.0 Å². The first-order chi connectivity index (χ1) is 8.60. The van der Waals surface area contributed by atoms with Crippen LogP contribution < -0.4 is 5.73 Å². The van der Waals surface area contributed by atoms with E-state index in [9.17, 15) is 4.79 Å². The third kappa shape index (κ3) is 2.64. The summed E-state index contributed by atoms with van der Waals surface area (Å²) in [6, 6.07) is 6.91. The molecule has 1 aromatic carbocycles. The number of nitrogen functional groups attached to an aromatic ring is 1. The first-order valence-corrected chi connectivity index (χ1v) is 6.10. The monoisotopic (exact) mass is 247 g/mol. The van der Waals surface area contributed by atoms with E-state index in [0.29, 0.717) is 11.3 Å². The average molecular weight is 247 g/mol. The smallest absolute Gasteiger partial charge is 0.374 e. The maximum Gasteiger partial charge on any atom is 0.374 e. The number of rotatable bonds is 4. The molecule has 0 fully saturated rings. The van der Waals surface area contributed by atoms with E-state index in [1.807, 2.05) is 13.8 Å². The standard InChI is InChI=1S/C14H17NO3/c1-3-4-9(2)17-14(16)13-8-10-7-11(15)5-6-12(10)18-13/h5-9H,3-4,15H2,1-2H3. The van der Waals surface area contributed by atoms with Gasteiger partial charge in [0.2, 0.25) is 5.76 Å². The Labute approximate surface area is 106 Å². The largest absolute Gasteiger partial charge is 0.457 e. The molecule has 1 unspecified atom stereocenters. The van der Waals surface area contributed by atoms with Gasteiger partial charge in [-0.2, -0.15) is 0 Å². The first kappa shape index (κ1) is 12.5. The van der Waals surface area contributed by atoms with Crippen LogP contribution >= 0.6 is 0 Å². The van der Waals surface area contributed by atoms with E-state index < -0.39 is 5.97 Å². The van der Waals surface area contributed by atoms with Crippen molar-refractivity contribution in [3.05, 3.63) is 30.0 Å². The number of nitrogens with two attached hydrogens (primary N) is 1. The number of carbonyl (C=O) groups excluding carboxylic acids is 1. The third-order valence-corrected chi connectivity index (χ3v) is 2.74. The summed E-state index contributed by atoms with van der Waals surface area (Å²) in [4.78, 5) is 11.8. The minimum absolute atomic E-state index is 0.0965. The zero-order valence-corrected chi connectivity index (χ0v) is 10.6. The van der Waals surface area contributed by atoms with Crippen molar-refractivity contribution < 1.29 is 13.9 Å². The van der Waals surface area contributed by atoms with Crippen LogP contribution in [0.1, 0.15) is 37.2 Å². The fraction of sp³-hybridized carbons (Fsp3) is 0.357. The number of hydrogen-bond donors (Lipinski definition) is 1. The molecule has 2 N–H and O–H groups in total. The summed E-state index contributed by atoms with van der Waals surface area (Å²) in [6.45, 7) is 3.93. The molecule has 2 rings (SSSR count). The number of benzene rings is 1. The molecule has 1 atom stereocenters. The number of anilines is 1. The molecule has 96 valence electrons. The zero-order valence-electron chi connectivity index (χ0n) is 10.6. The number of fused-ring (bicyclic) bond motifs is 1. The second-order valence-corrected chi connectivity index (χ2v) is 4.41. The van der Waals surface area contributed by atoms with Gasteiger partial charge in [0.25, 0.3) is 0 Å². The molecule has 0 amide bonds. The summed E-state index contributed by atoms with van der Waals surface area (Å²) >= 11 is 0. The quantitative estimate of drug-likeness (QED) is 0.664. The fourth-order valence-electron chi connectivity index (χ4n) is 1.87. The van der Waals surface area contributed by atoms with Crippen molar-refractivity contribution in [3.63, 3.8) is 0 Å². The van der Waals surface area contributed by atoms with Gasteiger partial charge in [-0.15, -0.1) is 0 Å². The van der Waals surface area contributed by atoms with Crippen LogP contribution in [0.3, 0.4) is 0 Å². The lowest BCUT2D eigenvalue weighted by Gasteiger charge is -2.10. The van der Waals surface area contributed by atoms with Gasteiger partial charge in [0.15, 0.2) is 0 Å². The second kappa shape index (κ2) is 5.12. The summed E-state index contributed by atoms with van der Waals surface area (Å²) in [7, 11) is 0. The van der Waals surface area contributed by atoms with Gasteiger partial charge in [-0.25, -0.2) is 4.79 Å². The highest BCUT2D eigenvalue weighted by Gasteiger charge is 2.16. The Kier molecular flexibility index (Phi) is 3.55. The molecule has 0 radical (unpaired) electrons. The molecule has 4 heteroatoms. The summed E-state index contributed by atoms with van der Waals surface area (Å²) in [5.41, 5.74) is 6.95. The predicted octanol–water partition coefficient (Wildman–Crippen LogP) is 3.36. The zero-order chi connectivity index (χ0) is 13.1. The van der Waals surface area contributed by atoms with Crippen LogP contribution in [0.4, 0.5) is 5.69 Å². The highest BCUT2D eigenvalue weighted by molar-refractivity contribution is 5.93. The van der Waals surface area contributed by atoms with Crippen LogP contribution in [0.2, 0.25) is 0 Å². The van der Waals surface area contributed by atoms with Gasteiger partial charge < -0.3 is 14.9 Å². The molecule has 0 spiro atoms. The van der Waals surface area contributed by atoms with E-state index in [1.54, 1.807) is 24.3 Å². The molecule has 2 aromatic rings. The summed E-state index contributed by atoms with van der Waals surface area (Å²) in [5.74, 6) is -0.204. The summed E-state index contributed by atoms with van der Waals surface area (Å²) in [6.07, 6.45) is 1.73. The lowest BCUT2D eigenvalue weighted by molar-refractivity contribution is 0.0290. The van der Waals surface area contributed by atoms with Crippen LogP contribution in [-0.4, -0.2) is 12.1 Å². The van der Waals surface area contributed by atoms with E-state index in [0.717, 1.165) is 18.2 Å². The Morgan fingerprint density at radius 3 is 2.94 bits per heavy atom. The van der Waals surface area contributed by atoms with E-state index in [4.69, 9.17) is 14.9 Å². The Morgan fingerprint density at radius 2 is 2.22 bits per heavy atom.